The molecule has 1 N–H and O–H groups in total. The lowest BCUT2D eigenvalue weighted by Gasteiger charge is -2.11. The van der Waals surface area contributed by atoms with Gasteiger partial charge in [-0.25, -0.2) is 14.4 Å². The number of nitrogens with one attached hydrogen (secondary N) is 1. The molecule has 0 spiro atoms. The first-order chi connectivity index (χ1) is 11.2. The highest BCUT2D eigenvalue weighted by Crippen LogP contribution is 2.25. The Balaban J connectivity index is 1.52. The van der Waals surface area contributed by atoms with Crippen LogP contribution in [0.5, 0.6) is 0 Å². The van der Waals surface area contributed by atoms with Gasteiger partial charge in [-0.1, -0.05) is 12.1 Å². The molecule has 0 amide bonds. The number of hydrogen-bond donors (Lipinski definition) is 1. The number of ether oxygens (including phenoxy) is 1. The SMILES string of the molecule is Cc1nc(NCCCc2ccc(F)cc2)cc([C@@H]2CCOC2)n1. The third kappa shape index (κ3) is 4.48. The molecule has 0 radical (unpaired) electrons. The molecule has 2 aromatic rings. The quantitative estimate of drug-likeness (QED) is 0.829. The van der Waals surface area contributed by atoms with Gasteiger partial charge in [0.1, 0.15) is 17.5 Å². The topological polar surface area (TPSA) is 47.0 Å². The Labute approximate surface area is 136 Å². The van der Waals surface area contributed by atoms with E-state index in [1.54, 1.807) is 0 Å². The first-order valence-corrected chi connectivity index (χ1v) is 8.12. The maximum atomic E-state index is 12.9. The molecule has 1 aromatic carbocycles. The average molecular weight is 315 g/mol. The van der Waals surface area contributed by atoms with Crippen molar-refractivity contribution in [1.29, 1.82) is 0 Å². The largest absolute Gasteiger partial charge is 0.381 e. The van der Waals surface area contributed by atoms with Crippen LogP contribution in [0.2, 0.25) is 0 Å². The minimum Gasteiger partial charge on any atom is -0.381 e. The highest BCUT2D eigenvalue weighted by molar-refractivity contribution is 5.37. The minimum absolute atomic E-state index is 0.188. The highest BCUT2D eigenvalue weighted by Gasteiger charge is 2.20. The number of aryl methyl sites for hydroxylation is 2. The Morgan fingerprint density at radius 3 is 2.83 bits per heavy atom. The summed E-state index contributed by atoms with van der Waals surface area (Å²) in [6.07, 6.45) is 2.91. The Hall–Kier alpha value is -2.01. The van der Waals surface area contributed by atoms with Crippen LogP contribution in [0.1, 0.15) is 35.8 Å². The van der Waals surface area contributed by atoms with Gasteiger partial charge >= 0.3 is 0 Å². The van der Waals surface area contributed by atoms with Crippen molar-refractivity contribution < 1.29 is 9.13 Å². The number of aromatic nitrogens is 2. The number of benzene rings is 1. The Morgan fingerprint density at radius 2 is 2.09 bits per heavy atom. The molecule has 1 fully saturated rings. The first kappa shape index (κ1) is 15.9. The summed E-state index contributed by atoms with van der Waals surface area (Å²) in [6.45, 7) is 4.31. The summed E-state index contributed by atoms with van der Waals surface area (Å²) >= 11 is 0. The van der Waals surface area contributed by atoms with Gasteiger partial charge in [-0.3, -0.25) is 0 Å². The van der Waals surface area contributed by atoms with Gasteiger partial charge in [-0.15, -0.1) is 0 Å². The summed E-state index contributed by atoms with van der Waals surface area (Å²) in [6, 6.07) is 8.72. The molecular weight excluding hydrogens is 293 g/mol. The normalized spacial score (nSPS) is 17.4. The third-order valence-electron chi connectivity index (χ3n) is 4.07. The summed E-state index contributed by atoms with van der Waals surface area (Å²) < 4.78 is 18.3. The van der Waals surface area contributed by atoms with E-state index in [1.807, 2.05) is 25.1 Å². The number of rotatable bonds is 6. The van der Waals surface area contributed by atoms with Crippen molar-refractivity contribution in [2.45, 2.75) is 32.1 Å². The molecule has 0 saturated carbocycles. The average Bonchev–Trinajstić information content (AvgIpc) is 3.07. The molecule has 1 atom stereocenters. The molecular formula is C18H22FN3O. The number of anilines is 1. The summed E-state index contributed by atoms with van der Waals surface area (Å²) in [5.41, 5.74) is 2.21. The maximum Gasteiger partial charge on any atom is 0.129 e. The van der Waals surface area contributed by atoms with Gasteiger partial charge in [-0.2, -0.15) is 0 Å². The molecule has 5 heteroatoms. The molecule has 0 aliphatic carbocycles. The van der Waals surface area contributed by atoms with Crippen LogP contribution in [0.3, 0.4) is 0 Å². The van der Waals surface area contributed by atoms with Crippen LogP contribution in [0.25, 0.3) is 0 Å². The second kappa shape index (κ2) is 7.51. The minimum atomic E-state index is -0.188. The van der Waals surface area contributed by atoms with Crippen LogP contribution in [-0.4, -0.2) is 29.7 Å². The smallest absolute Gasteiger partial charge is 0.129 e. The van der Waals surface area contributed by atoms with Crippen LogP contribution in [-0.2, 0) is 11.2 Å². The van der Waals surface area contributed by atoms with Crippen molar-refractivity contribution in [3.05, 3.63) is 53.2 Å². The van der Waals surface area contributed by atoms with Crippen LogP contribution in [0, 0.1) is 12.7 Å². The molecule has 0 unspecified atom stereocenters. The van der Waals surface area contributed by atoms with Gasteiger partial charge in [0.05, 0.1) is 12.3 Å². The molecule has 1 aromatic heterocycles. The zero-order valence-corrected chi connectivity index (χ0v) is 13.4. The molecule has 2 heterocycles. The third-order valence-corrected chi connectivity index (χ3v) is 4.07. The van der Waals surface area contributed by atoms with E-state index in [1.165, 1.54) is 12.1 Å². The van der Waals surface area contributed by atoms with Crippen molar-refractivity contribution in [2.75, 3.05) is 25.1 Å². The fourth-order valence-electron chi connectivity index (χ4n) is 2.82. The maximum absolute atomic E-state index is 12.9. The van der Waals surface area contributed by atoms with Gasteiger partial charge in [0.15, 0.2) is 0 Å². The number of halogens is 1. The lowest BCUT2D eigenvalue weighted by atomic mass is 10.0. The van der Waals surface area contributed by atoms with Gasteiger partial charge in [0.2, 0.25) is 0 Å². The molecule has 1 saturated heterocycles. The van der Waals surface area contributed by atoms with E-state index in [4.69, 9.17) is 4.74 Å². The first-order valence-electron chi connectivity index (χ1n) is 8.12. The fourth-order valence-corrected chi connectivity index (χ4v) is 2.82. The van der Waals surface area contributed by atoms with Crippen LogP contribution < -0.4 is 5.32 Å². The fraction of sp³-hybridized carbons (Fsp3) is 0.444. The van der Waals surface area contributed by atoms with Crippen molar-refractivity contribution in [3.8, 4) is 0 Å². The predicted octanol–water partition coefficient (Wildman–Crippen LogP) is 3.47. The van der Waals surface area contributed by atoms with Crippen molar-refractivity contribution >= 4 is 5.82 Å². The summed E-state index contributed by atoms with van der Waals surface area (Å²) in [5, 5.41) is 3.36. The van der Waals surface area contributed by atoms with Gasteiger partial charge in [0, 0.05) is 25.1 Å². The summed E-state index contributed by atoms with van der Waals surface area (Å²) in [4.78, 5) is 8.98. The highest BCUT2D eigenvalue weighted by atomic mass is 19.1. The summed E-state index contributed by atoms with van der Waals surface area (Å²) in [7, 11) is 0. The molecule has 4 nitrogen and oxygen atoms in total. The van der Waals surface area contributed by atoms with E-state index in [9.17, 15) is 4.39 Å². The predicted molar refractivity (Wildman–Crippen MR) is 88.2 cm³/mol. The number of nitrogens with zero attached hydrogens (tertiary/aromatic N) is 2. The number of hydrogen-bond acceptors (Lipinski definition) is 4. The van der Waals surface area contributed by atoms with Gasteiger partial charge in [-0.05, 0) is 43.9 Å². The zero-order chi connectivity index (χ0) is 16.1. The molecule has 122 valence electrons. The van der Waals surface area contributed by atoms with E-state index >= 15 is 0 Å². The van der Waals surface area contributed by atoms with E-state index in [0.717, 1.165) is 61.9 Å². The lowest BCUT2D eigenvalue weighted by Crippen LogP contribution is -2.09. The standard InChI is InChI=1S/C18H22FN3O/c1-13-21-17(15-8-10-23-12-15)11-18(22-13)20-9-2-3-14-4-6-16(19)7-5-14/h4-7,11,15H,2-3,8-10,12H2,1H3,(H,20,21,22)/t15-/m1/s1. The molecule has 3 rings (SSSR count). The van der Waals surface area contributed by atoms with E-state index in [0.29, 0.717) is 5.92 Å². The van der Waals surface area contributed by atoms with Crippen molar-refractivity contribution in [2.24, 2.45) is 0 Å². The Morgan fingerprint density at radius 1 is 1.26 bits per heavy atom. The second-order valence-corrected chi connectivity index (χ2v) is 5.94. The Kier molecular flexibility index (Phi) is 5.18. The van der Waals surface area contributed by atoms with Gasteiger partial charge < -0.3 is 10.1 Å². The zero-order valence-electron chi connectivity index (χ0n) is 13.4. The van der Waals surface area contributed by atoms with Crippen LogP contribution in [0.4, 0.5) is 10.2 Å². The summed E-state index contributed by atoms with van der Waals surface area (Å²) in [5.74, 6) is 1.86. The van der Waals surface area contributed by atoms with E-state index in [2.05, 4.69) is 15.3 Å². The van der Waals surface area contributed by atoms with E-state index < -0.39 is 0 Å². The molecule has 23 heavy (non-hydrogen) atoms. The monoisotopic (exact) mass is 315 g/mol. The second-order valence-electron chi connectivity index (χ2n) is 5.94. The van der Waals surface area contributed by atoms with Crippen molar-refractivity contribution in [1.82, 2.24) is 9.97 Å². The Bertz CT molecular complexity index is 639. The van der Waals surface area contributed by atoms with E-state index in [-0.39, 0.29) is 5.82 Å². The van der Waals surface area contributed by atoms with Crippen LogP contribution >= 0.6 is 0 Å². The molecule has 0 bridgehead atoms. The lowest BCUT2D eigenvalue weighted by molar-refractivity contribution is 0.193. The molecule has 1 aliphatic heterocycles. The van der Waals surface area contributed by atoms with Crippen LogP contribution in [0.15, 0.2) is 30.3 Å². The van der Waals surface area contributed by atoms with Gasteiger partial charge in [0.25, 0.3) is 0 Å². The van der Waals surface area contributed by atoms with Crippen molar-refractivity contribution in [3.63, 3.8) is 0 Å². The molecule has 1 aliphatic rings.